The molecule has 0 bridgehead atoms. The normalized spacial score (nSPS) is 21.5. The van der Waals surface area contributed by atoms with Crippen LogP contribution in [0.2, 0.25) is 0 Å². The van der Waals surface area contributed by atoms with E-state index in [1.807, 2.05) is 36.9 Å². The van der Waals surface area contributed by atoms with Gasteiger partial charge in [0.1, 0.15) is 9.57 Å². The Morgan fingerprint density at radius 1 is 1.25 bits per heavy atom. The van der Waals surface area contributed by atoms with Crippen molar-refractivity contribution in [3.05, 3.63) is 29.3 Å². The molecule has 0 N–H and O–H groups in total. The summed E-state index contributed by atoms with van der Waals surface area (Å²) in [5.41, 5.74) is 2.63. The minimum Gasteiger partial charge on any atom is -0.378 e. The van der Waals surface area contributed by atoms with E-state index in [0.717, 1.165) is 24.2 Å². The zero-order chi connectivity index (χ0) is 17.3. The minimum absolute atomic E-state index is 0.157. The van der Waals surface area contributed by atoms with E-state index in [1.54, 1.807) is 0 Å². The van der Waals surface area contributed by atoms with E-state index in [-0.39, 0.29) is 18.2 Å². The van der Waals surface area contributed by atoms with Gasteiger partial charge in [0, 0.05) is 19.5 Å². The van der Waals surface area contributed by atoms with Crippen molar-refractivity contribution in [1.29, 1.82) is 0 Å². The fourth-order valence-corrected chi connectivity index (χ4v) is 4.39. The molecule has 24 heavy (non-hydrogen) atoms. The number of ether oxygens (including phenoxy) is 1. The third-order valence-corrected chi connectivity index (χ3v) is 5.88. The van der Waals surface area contributed by atoms with Gasteiger partial charge >= 0.3 is 0 Å². The molecule has 2 fully saturated rings. The Labute approximate surface area is 151 Å². The summed E-state index contributed by atoms with van der Waals surface area (Å²) in [5, 5.41) is -0.437. The number of morpholine rings is 1. The van der Waals surface area contributed by atoms with Crippen LogP contribution < -0.4 is 4.90 Å². The maximum atomic E-state index is 12.8. The van der Waals surface area contributed by atoms with Crippen LogP contribution in [0, 0.1) is 13.8 Å². The highest BCUT2D eigenvalue weighted by Gasteiger charge is 2.41. The number of carbonyl (C=O) groups excluding carboxylic acids is 2. The summed E-state index contributed by atoms with van der Waals surface area (Å²) >= 11 is 6.78. The SMILES string of the molecule is Cc1ccc(C)c(N2C(=O)CC(SC(=S)N3CCOCC3)C2=O)c1. The molecular formula is C17H20N2O3S2. The lowest BCUT2D eigenvalue weighted by atomic mass is 10.1. The maximum absolute atomic E-state index is 12.8. The first kappa shape index (κ1) is 17.4. The molecule has 1 aromatic carbocycles. The van der Waals surface area contributed by atoms with Crippen molar-refractivity contribution in [3.63, 3.8) is 0 Å². The molecule has 0 saturated carbocycles. The van der Waals surface area contributed by atoms with Crippen molar-refractivity contribution >= 4 is 45.8 Å². The molecular weight excluding hydrogens is 344 g/mol. The largest absolute Gasteiger partial charge is 0.378 e. The quantitative estimate of drug-likeness (QED) is 0.593. The van der Waals surface area contributed by atoms with Crippen molar-refractivity contribution in [2.45, 2.75) is 25.5 Å². The highest BCUT2D eigenvalue weighted by Crippen LogP contribution is 2.33. The van der Waals surface area contributed by atoms with Crippen LogP contribution in [-0.4, -0.2) is 52.6 Å². The Hall–Kier alpha value is -1.44. The first-order valence-electron chi connectivity index (χ1n) is 7.94. The summed E-state index contributed by atoms with van der Waals surface area (Å²) in [6.45, 7) is 6.63. The Bertz CT molecular complexity index is 686. The number of imide groups is 1. The van der Waals surface area contributed by atoms with Gasteiger partial charge in [0.05, 0.1) is 18.9 Å². The third-order valence-electron chi connectivity index (χ3n) is 4.22. The number of thioether (sulfide) groups is 1. The van der Waals surface area contributed by atoms with Crippen LogP contribution in [0.15, 0.2) is 18.2 Å². The van der Waals surface area contributed by atoms with E-state index in [9.17, 15) is 9.59 Å². The Morgan fingerprint density at radius 2 is 1.96 bits per heavy atom. The van der Waals surface area contributed by atoms with Gasteiger partial charge in [-0.25, -0.2) is 4.90 Å². The molecule has 0 radical (unpaired) electrons. The molecule has 1 aromatic rings. The topological polar surface area (TPSA) is 49.9 Å². The smallest absolute Gasteiger partial charge is 0.247 e. The first-order chi connectivity index (χ1) is 11.5. The summed E-state index contributed by atoms with van der Waals surface area (Å²) in [5.74, 6) is -0.328. The number of thiocarbonyl (C=S) groups is 1. The lowest BCUT2D eigenvalue weighted by Crippen LogP contribution is -2.40. The molecule has 2 amide bonds. The van der Waals surface area contributed by atoms with Crippen molar-refractivity contribution in [3.8, 4) is 0 Å². The molecule has 1 atom stereocenters. The fourth-order valence-electron chi connectivity index (χ4n) is 2.85. The Morgan fingerprint density at radius 3 is 2.67 bits per heavy atom. The molecule has 3 rings (SSSR count). The van der Waals surface area contributed by atoms with Crippen LogP contribution in [0.1, 0.15) is 17.5 Å². The second-order valence-electron chi connectivity index (χ2n) is 6.03. The molecule has 2 saturated heterocycles. The van der Waals surface area contributed by atoms with Gasteiger partial charge in [-0.2, -0.15) is 0 Å². The predicted octanol–water partition coefficient (Wildman–Crippen LogP) is 2.29. The van der Waals surface area contributed by atoms with Gasteiger partial charge in [0.15, 0.2) is 0 Å². The van der Waals surface area contributed by atoms with Gasteiger partial charge in [-0.05, 0) is 31.0 Å². The highest BCUT2D eigenvalue weighted by molar-refractivity contribution is 8.23. The number of anilines is 1. The second kappa shape index (κ2) is 7.21. The van der Waals surface area contributed by atoms with E-state index in [1.165, 1.54) is 16.7 Å². The maximum Gasteiger partial charge on any atom is 0.247 e. The lowest BCUT2D eigenvalue weighted by Gasteiger charge is -2.29. The summed E-state index contributed by atoms with van der Waals surface area (Å²) in [6.07, 6.45) is 0.196. The summed E-state index contributed by atoms with van der Waals surface area (Å²) in [4.78, 5) is 28.6. The zero-order valence-corrected chi connectivity index (χ0v) is 15.4. The standard InChI is InChI=1S/C17H20N2O3S2/c1-11-3-4-12(2)13(9-11)19-15(20)10-14(16(19)21)24-17(23)18-5-7-22-8-6-18/h3-4,9,14H,5-8,10H2,1-2H3. The summed E-state index contributed by atoms with van der Waals surface area (Å²) in [7, 11) is 0. The number of hydrogen-bond donors (Lipinski definition) is 0. The third kappa shape index (κ3) is 3.48. The van der Waals surface area contributed by atoms with Crippen LogP contribution in [-0.2, 0) is 14.3 Å². The number of rotatable bonds is 2. The van der Waals surface area contributed by atoms with E-state index >= 15 is 0 Å². The molecule has 7 heteroatoms. The molecule has 2 aliphatic heterocycles. The molecule has 2 aliphatic rings. The van der Waals surface area contributed by atoms with E-state index in [0.29, 0.717) is 23.2 Å². The number of benzene rings is 1. The lowest BCUT2D eigenvalue weighted by molar-refractivity contribution is -0.121. The molecule has 1 unspecified atom stereocenters. The fraction of sp³-hybridized carbons (Fsp3) is 0.471. The molecule has 128 valence electrons. The minimum atomic E-state index is -0.437. The number of hydrogen-bond acceptors (Lipinski definition) is 5. The summed E-state index contributed by atoms with van der Waals surface area (Å²) in [6, 6.07) is 5.80. The second-order valence-corrected chi connectivity index (χ2v) is 7.87. The van der Waals surface area contributed by atoms with Gasteiger partial charge in [0.2, 0.25) is 11.8 Å². The van der Waals surface area contributed by atoms with Gasteiger partial charge < -0.3 is 9.64 Å². The van der Waals surface area contributed by atoms with E-state index in [4.69, 9.17) is 17.0 Å². The molecule has 0 aliphatic carbocycles. The summed E-state index contributed by atoms with van der Waals surface area (Å²) < 4.78 is 5.99. The monoisotopic (exact) mass is 364 g/mol. The molecule has 0 spiro atoms. The van der Waals surface area contributed by atoms with Crippen molar-refractivity contribution < 1.29 is 14.3 Å². The molecule has 0 aromatic heterocycles. The van der Waals surface area contributed by atoms with Crippen molar-refractivity contribution in [2.75, 3.05) is 31.2 Å². The van der Waals surface area contributed by atoms with Gasteiger partial charge in [-0.3, -0.25) is 9.59 Å². The van der Waals surface area contributed by atoms with Gasteiger partial charge in [-0.15, -0.1) is 0 Å². The van der Waals surface area contributed by atoms with Crippen LogP contribution in [0.25, 0.3) is 0 Å². The average Bonchev–Trinajstić information content (AvgIpc) is 2.84. The number of amides is 2. The Balaban J connectivity index is 1.74. The van der Waals surface area contributed by atoms with Gasteiger partial charge in [0.25, 0.3) is 0 Å². The zero-order valence-electron chi connectivity index (χ0n) is 13.8. The Kier molecular flexibility index (Phi) is 5.22. The molecule has 5 nitrogen and oxygen atoms in total. The number of nitrogens with zero attached hydrogens (tertiary/aromatic N) is 2. The highest BCUT2D eigenvalue weighted by atomic mass is 32.2. The van der Waals surface area contributed by atoms with Crippen LogP contribution in [0.3, 0.4) is 0 Å². The van der Waals surface area contributed by atoms with Crippen LogP contribution in [0.5, 0.6) is 0 Å². The van der Waals surface area contributed by atoms with Gasteiger partial charge in [-0.1, -0.05) is 36.1 Å². The van der Waals surface area contributed by atoms with Crippen LogP contribution >= 0.6 is 24.0 Å². The first-order valence-corrected chi connectivity index (χ1v) is 9.23. The average molecular weight is 364 g/mol. The number of aryl methyl sites for hydroxylation is 2. The predicted molar refractivity (Wildman–Crippen MR) is 99.4 cm³/mol. The van der Waals surface area contributed by atoms with E-state index < -0.39 is 5.25 Å². The number of carbonyl (C=O) groups is 2. The molecule has 2 heterocycles. The van der Waals surface area contributed by atoms with Crippen LogP contribution in [0.4, 0.5) is 5.69 Å². The van der Waals surface area contributed by atoms with E-state index in [2.05, 4.69) is 0 Å². The van der Waals surface area contributed by atoms with Crippen molar-refractivity contribution in [1.82, 2.24) is 4.90 Å². The van der Waals surface area contributed by atoms with Crippen molar-refractivity contribution in [2.24, 2.45) is 0 Å².